The van der Waals surface area contributed by atoms with E-state index in [1.165, 1.54) is 30.8 Å². The van der Waals surface area contributed by atoms with Gasteiger partial charge in [-0.1, -0.05) is 25.1 Å². The Balaban J connectivity index is 1.85. The third-order valence-electron chi connectivity index (χ3n) is 3.89. The summed E-state index contributed by atoms with van der Waals surface area (Å²) in [5, 5.41) is 2.69. The third kappa shape index (κ3) is 6.83. The Bertz CT molecular complexity index is 872. The molecule has 0 aliphatic heterocycles. The van der Waals surface area contributed by atoms with Crippen LogP contribution in [-0.2, 0) is 14.3 Å². The van der Waals surface area contributed by atoms with Gasteiger partial charge < -0.3 is 19.7 Å². The van der Waals surface area contributed by atoms with Gasteiger partial charge in [0.15, 0.2) is 6.61 Å². The minimum atomic E-state index is -0.566. The van der Waals surface area contributed by atoms with Gasteiger partial charge in [-0.25, -0.2) is 4.79 Å². The van der Waals surface area contributed by atoms with Crippen molar-refractivity contribution in [2.24, 2.45) is 0 Å². The molecule has 0 aromatic heterocycles. The van der Waals surface area contributed by atoms with E-state index in [0.717, 1.165) is 10.6 Å². The van der Waals surface area contributed by atoms with Crippen molar-refractivity contribution < 1.29 is 23.9 Å². The number of amides is 2. The van der Waals surface area contributed by atoms with Crippen molar-refractivity contribution in [3.63, 3.8) is 0 Å². The molecule has 154 valence electrons. The lowest BCUT2D eigenvalue weighted by Gasteiger charge is -2.17. The molecule has 8 heteroatoms. The van der Waals surface area contributed by atoms with Crippen molar-refractivity contribution >= 4 is 35.2 Å². The lowest BCUT2D eigenvalue weighted by molar-refractivity contribution is -0.136. The van der Waals surface area contributed by atoms with Gasteiger partial charge in [-0.05, 0) is 30.0 Å². The van der Waals surface area contributed by atoms with Crippen LogP contribution in [0, 0.1) is 0 Å². The molecule has 0 saturated heterocycles. The molecule has 0 atom stereocenters. The summed E-state index contributed by atoms with van der Waals surface area (Å²) in [6.45, 7) is 1.38. The van der Waals surface area contributed by atoms with Crippen LogP contribution in [0.5, 0.6) is 5.75 Å². The topological polar surface area (TPSA) is 84.9 Å². The quantitative estimate of drug-likeness (QED) is 0.500. The van der Waals surface area contributed by atoms with Gasteiger partial charge in [0.1, 0.15) is 5.75 Å². The molecule has 1 N–H and O–H groups in total. The molecule has 0 aliphatic carbocycles. The number of methoxy groups -OCH3 is 1. The van der Waals surface area contributed by atoms with Crippen LogP contribution >= 0.6 is 11.8 Å². The van der Waals surface area contributed by atoms with E-state index in [1.54, 1.807) is 36.4 Å². The van der Waals surface area contributed by atoms with Crippen LogP contribution in [0.1, 0.15) is 17.3 Å². The van der Waals surface area contributed by atoms with E-state index in [1.807, 2.05) is 19.1 Å². The first-order chi connectivity index (χ1) is 13.9. The molecule has 2 amide bonds. The molecule has 0 bridgehead atoms. The van der Waals surface area contributed by atoms with Crippen LogP contribution in [0.2, 0.25) is 0 Å². The van der Waals surface area contributed by atoms with Crippen LogP contribution in [0.25, 0.3) is 0 Å². The molecule has 2 aromatic carbocycles. The van der Waals surface area contributed by atoms with Crippen LogP contribution in [-0.4, -0.2) is 55.7 Å². The average molecular weight is 416 g/mol. The number of hydrogen-bond donors (Lipinski definition) is 1. The summed E-state index contributed by atoms with van der Waals surface area (Å²) in [4.78, 5) is 38.7. The number of hydrogen-bond acceptors (Lipinski definition) is 6. The lowest BCUT2D eigenvalue weighted by atomic mass is 10.2. The van der Waals surface area contributed by atoms with Gasteiger partial charge in [0.25, 0.3) is 5.91 Å². The molecule has 7 nitrogen and oxygen atoms in total. The molecular formula is C21H24N2O5S. The van der Waals surface area contributed by atoms with E-state index in [2.05, 4.69) is 5.32 Å². The Hall–Kier alpha value is -3.00. The van der Waals surface area contributed by atoms with E-state index in [4.69, 9.17) is 9.47 Å². The number of nitrogens with one attached hydrogen (secondary N) is 1. The number of rotatable bonds is 9. The molecule has 0 fully saturated rings. The Morgan fingerprint density at radius 3 is 2.59 bits per heavy atom. The first-order valence-corrected chi connectivity index (χ1v) is 10.00. The molecule has 0 radical (unpaired) electrons. The minimum absolute atomic E-state index is 0.171. The summed E-state index contributed by atoms with van der Waals surface area (Å²) in [6.07, 6.45) is 0. The predicted molar refractivity (Wildman–Crippen MR) is 112 cm³/mol. The highest BCUT2D eigenvalue weighted by Crippen LogP contribution is 2.23. The number of benzene rings is 2. The van der Waals surface area contributed by atoms with Crippen LogP contribution < -0.4 is 10.1 Å². The Kier molecular flexibility index (Phi) is 8.54. The second-order valence-corrected chi connectivity index (χ2v) is 7.34. The Morgan fingerprint density at radius 1 is 1.10 bits per heavy atom. The largest absolute Gasteiger partial charge is 0.497 e. The number of ether oxygens (including phenoxy) is 2. The Labute approximate surface area is 174 Å². The molecule has 2 aromatic rings. The van der Waals surface area contributed by atoms with Crippen molar-refractivity contribution in [2.75, 3.05) is 38.4 Å². The summed E-state index contributed by atoms with van der Waals surface area (Å²) >= 11 is 1.52. The maximum Gasteiger partial charge on any atom is 0.339 e. The summed E-state index contributed by atoms with van der Waals surface area (Å²) in [5.41, 5.74) is 0.984. The van der Waals surface area contributed by atoms with Gasteiger partial charge in [-0.2, -0.15) is 0 Å². The van der Waals surface area contributed by atoms with Crippen LogP contribution in [0.3, 0.4) is 0 Å². The number of esters is 1. The lowest BCUT2D eigenvalue weighted by Crippen LogP contribution is -2.37. The number of likely N-dealkylation sites (N-methyl/N-ethyl adjacent to an activating group) is 1. The standard InChI is InChI=1S/C21H24N2O5S/c1-4-29-18-11-6-5-10-17(18)21(26)28-14-20(25)23(2)13-19(24)22-15-8-7-9-16(12-15)27-3/h5-12H,4,13-14H2,1-3H3,(H,22,24). The summed E-state index contributed by atoms with van der Waals surface area (Å²) in [5.74, 6) is 0.0173. The van der Waals surface area contributed by atoms with Crippen molar-refractivity contribution in [1.82, 2.24) is 4.90 Å². The first kappa shape index (κ1) is 22.3. The smallest absolute Gasteiger partial charge is 0.339 e. The average Bonchev–Trinajstić information content (AvgIpc) is 2.72. The maximum atomic E-state index is 12.3. The first-order valence-electron chi connectivity index (χ1n) is 9.01. The second-order valence-electron chi connectivity index (χ2n) is 6.04. The molecule has 0 aliphatic rings. The second kappa shape index (κ2) is 11.1. The van der Waals surface area contributed by atoms with Crippen LogP contribution in [0.4, 0.5) is 5.69 Å². The van der Waals surface area contributed by atoms with Gasteiger partial charge >= 0.3 is 5.97 Å². The fourth-order valence-corrected chi connectivity index (χ4v) is 3.23. The van der Waals surface area contributed by atoms with Gasteiger partial charge in [-0.15, -0.1) is 11.8 Å². The molecule has 2 rings (SSSR count). The maximum absolute atomic E-state index is 12.3. The third-order valence-corrected chi connectivity index (χ3v) is 4.85. The highest BCUT2D eigenvalue weighted by Gasteiger charge is 2.18. The van der Waals surface area contributed by atoms with E-state index in [9.17, 15) is 14.4 Å². The number of thioether (sulfide) groups is 1. The zero-order valence-corrected chi connectivity index (χ0v) is 17.5. The van der Waals surface area contributed by atoms with E-state index < -0.39 is 18.5 Å². The summed E-state index contributed by atoms with van der Waals surface area (Å²) in [7, 11) is 3.01. The monoisotopic (exact) mass is 416 g/mol. The zero-order valence-electron chi connectivity index (χ0n) is 16.6. The number of carbonyl (C=O) groups excluding carboxylic acids is 3. The van der Waals surface area contributed by atoms with Gasteiger partial charge in [-0.3, -0.25) is 9.59 Å². The van der Waals surface area contributed by atoms with Gasteiger partial charge in [0, 0.05) is 23.7 Å². The zero-order chi connectivity index (χ0) is 21.2. The van der Waals surface area contributed by atoms with Crippen molar-refractivity contribution in [2.45, 2.75) is 11.8 Å². The normalized spacial score (nSPS) is 10.2. The highest BCUT2D eigenvalue weighted by molar-refractivity contribution is 7.99. The fraction of sp³-hybridized carbons (Fsp3) is 0.286. The highest BCUT2D eigenvalue weighted by atomic mass is 32.2. The number of anilines is 1. The van der Waals surface area contributed by atoms with Crippen molar-refractivity contribution in [3.8, 4) is 5.75 Å². The summed E-state index contributed by atoms with van der Waals surface area (Å²) < 4.78 is 10.2. The SMILES string of the molecule is CCSc1ccccc1C(=O)OCC(=O)N(C)CC(=O)Nc1cccc(OC)c1. The van der Waals surface area contributed by atoms with Crippen LogP contribution in [0.15, 0.2) is 53.4 Å². The minimum Gasteiger partial charge on any atom is -0.497 e. The van der Waals surface area contributed by atoms with Crippen molar-refractivity contribution in [3.05, 3.63) is 54.1 Å². The number of nitrogens with zero attached hydrogens (tertiary/aromatic N) is 1. The molecule has 29 heavy (non-hydrogen) atoms. The van der Waals surface area contributed by atoms with E-state index in [-0.39, 0.29) is 12.5 Å². The molecule has 0 unspecified atom stereocenters. The molecular weight excluding hydrogens is 392 g/mol. The summed E-state index contributed by atoms with van der Waals surface area (Å²) in [6, 6.07) is 14.0. The molecule has 0 spiro atoms. The number of carbonyl (C=O) groups is 3. The fourth-order valence-electron chi connectivity index (χ4n) is 2.44. The van der Waals surface area contributed by atoms with E-state index >= 15 is 0 Å². The van der Waals surface area contributed by atoms with Gasteiger partial charge in [0.05, 0.1) is 19.2 Å². The molecule has 0 saturated carbocycles. The molecule has 0 heterocycles. The van der Waals surface area contributed by atoms with Gasteiger partial charge in [0.2, 0.25) is 5.91 Å². The Morgan fingerprint density at radius 2 is 1.86 bits per heavy atom. The van der Waals surface area contributed by atoms with Crippen molar-refractivity contribution in [1.29, 1.82) is 0 Å². The predicted octanol–water partition coefficient (Wildman–Crippen LogP) is 3.06. The van der Waals surface area contributed by atoms with E-state index in [0.29, 0.717) is 17.0 Å².